The van der Waals surface area contributed by atoms with Gasteiger partial charge in [-0.05, 0) is 31.6 Å². The molecule has 3 nitrogen and oxygen atoms in total. The van der Waals surface area contributed by atoms with Gasteiger partial charge in [-0.15, -0.1) is 0 Å². The zero-order chi connectivity index (χ0) is 11.2. The van der Waals surface area contributed by atoms with Gasteiger partial charge in [0.15, 0.2) is 0 Å². The van der Waals surface area contributed by atoms with Gasteiger partial charge in [-0.2, -0.15) is 0 Å². The molecule has 2 bridgehead atoms. The molecule has 0 amide bonds. The molecular weight excluding hydrogens is 200 g/mol. The summed E-state index contributed by atoms with van der Waals surface area (Å²) in [5.41, 5.74) is 6.42. The van der Waals surface area contributed by atoms with Gasteiger partial charge in [0.25, 0.3) is 0 Å². The highest BCUT2D eigenvalue weighted by molar-refractivity contribution is 5.03. The molecule has 0 spiro atoms. The van der Waals surface area contributed by atoms with Gasteiger partial charge in [-0.3, -0.25) is 4.90 Å². The number of nitrogens with zero attached hydrogens (tertiary/aromatic N) is 1. The topological polar surface area (TPSA) is 38.5 Å². The average Bonchev–Trinajstić information content (AvgIpc) is 2.83. The maximum Gasteiger partial charge on any atom is 0.0707 e. The molecule has 2 heterocycles. The highest BCUT2D eigenvalue weighted by atomic mass is 16.5. The van der Waals surface area contributed by atoms with Crippen LogP contribution in [0.15, 0.2) is 0 Å². The lowest BCUT2D eigenvalue weighted by molar-refractivity contribution is -0.0845. The summed E-state index contributed by atoms with van der Waals surface area (Å²) in [6, 6.07) is 0. The van der Waals surface area contributed by atoms with Crippen LogP contribution in [0.1, 0.15) is 39.0 Å². The van der Waals surface area contributed by atoms with Gasteiger partial charge >= 0.3 is 0 Å². The third kappa shape index (κ3) is 1.52. The van der Waals surface area contributed by atoms with E-state index < -0.39 is 0 Å². The number of likely N-dealkylation sites (tertiary alicyclic amines) is 1. The molecule has 1 saturated carbocycles. The van der Waals surface area contributed by atoms with Crippen LogP contribution < -0.4 is 5.73 Å². The summed E-state index contributed by atoms with van der Waals surface area (Å²) in [5.74, 6) is 0.759. The zero-order valence-electron chi connectivity index (χ0n) is 10.3. The number of nitrogens with two attached hydrogens (primary N) is 1. The minimum atomic E-state index is 0.296. The molecule has 0 aromatic rings. The second-order valence-electron chi connectivity index (χ2n) is 5.96. The number of hydrogen-bond donors (Lipinski definition) is 1. The van der Waals surface area contributed by atoms with Crippen molar-refractivity contribution in [3.05, 3.63) is 0 Å². The Hall–Kier alpha value is -0.120. The van der Waals surface area contributed by atoms with Crippen molar-refractivity contribution in [2.45, 2.75) is 56.8 Å². The van der Waals surface area contributed by atoms with Crippen molar-refractivity contribution < 1.29 is 4.74 Å². The monoisotopic (exact) mass is 224 g/mol. The first-order valence-electron chi connectivity index (χ1n) is 6.85. The second-order valence-corrected chi connectivity index (χ2v) is 5.96. The predicted molar refractivity (Wildman–Crippen MR) is 64.3 cm³/mol. The fourth-order valence-corrected chi connectivity index (χ4v) is 4.11. The van der Waals surface area contributed by atoms with Crippen LogP contribution >= 0.6 is 0 Å². The molecule has 4 atom stereocenters. The molecule has 0 radical (unpaired) electrons. The van der Waals surface area contributed by atoms with Crippen molar-refractivity contribution >= 4 is 0 Å². The molecule has 3 rings (SSSR count). The summed E-state index contributed by atoms with van der Waals surface area (Å²) in [6.45, 7) is 5.46. The smallest absolute Gasteiger partial charge is 0.0707 e. The van der Waals surface area contributed by atoms with Gasteiger partial charge in [0.2, 0.25) is 0 Å². The summed E-state index contributed by atoms with van der Waals surface area (Å²) < 4.78 is 5.93. The molecule has 3 fully saturated rings. The van der Waals surface area contributed by atoms with Crippen LogP contribution in [0.2, 0.25) is 0 Å². The van der Waals surface area contributed by atoms with Gasteiger partial charge in [-0.25, -0.2) is 0 Å². The number of ether oxygens (including phenoxy) is 1. The number of hydrogen-bond acceptors (Lipinski definition) is 3. The molecule has 3 heteroatoms. The largest absolute Gasteiger partial charge is 0.372 e. The van der Waals surface area contributed by atoms with Crippen LogP contribution in [0.25, 0.3) is 0 Å². The fraction of sp³-hybridized carbons (Fsp3) is 1.00. The minimum absolute atomic E-state index is 0.296. The second kappa shape index (κ2) is 3.97. The molecule has 2 N–H and O–H groups in total. The molecule has 3 aliphatic rings. The Kier molecular flexibility index (Phi) is 2.73. The van der Waals surface area contributed by atoms with E-state index in [-0.39, 0.29) is 0 Å². The molecule has 16 heavy (non-hydrogen) atoms. The summed E-state index contributed by atoms with van der Waals surface area (Å²) in [6.07, 6.45) is 7.51. The van der Waals surface area contributed by atoms with E-state index in [4.69, 9.17) is 10.5 Å². The summed E-state index contributed by atoms with van der Waals surface area (Å²) >= 11 is 0. The lowest BCUT2D eigenvalue weighted by atomic mass is 9.85. The molecule has 92 valence electrons. The standard InChI is InChI=1S/C13H24N2O/c1-10-3-2-6-13(10,9-14)15-7-11-4-5-12(8-15)16-11/h10-12H,2-9,14H2,1H3. The number of morpholine rings is 1. The van der Waals surface area contributed by atoms with E-state index >= 15 is 0 Å². The van der Waals surface area contributed by atoms with E-state index in [1.54, 1.807) is 0 Å². The zero-order valence-corrected chi connectivity index (χ0v) is 10.3. The van der Waals surface area contributed by atoms with E-state index in [1.807, 2.05) is 0 Å². The predicted octanol–water partition coefficient (Wildman–Crippen LogP) is 1.37. The first-order valence-corrected chi connectivity index (χ1v) is 6.85. The third-order valence-corrected chi connectivity index (χ3v) is 5.19. The average molecular weight is 224 g/mol. The van der Waals surface area contributed by atoms with Crippen LogP contribution in [0.5, 0.6) is 0 Å². The van der Waals surface area contributed by atoms with Crippen molar-refractivity contribution in [1.82, 2.24) is 4.90 Å². The molecule has 1 aliphatic carbocycles. The van der Waals surface area contributed by atoms with E-state index in [9.17, 15) is 0 Å². The van der Waals surface area contributed by atoms with E-state index in [2.05, 4.69) is 11.8 Å². The van der Waals surface area contributed by atoms with Crippen LogP contribution in [0, 0.1) is 5.92 Å². The van der Waals surface area contributed by atoms with Crippen molar-refractivity contribution in [1.29, 1.82) is 0 Å². The summed E-state index contributed by atoms with van der Waals surface area (Å²) in [4.78, 5) is 2.68. The Balaban J connectivity index is 1.80. The summed E-state index contributed by atoms with van der Waals surface area (Å²) in [5, 5.41) is 0. The van der Waals surface area contributed by atoms with Gasteiger partial charge in [0.05, 0.1) is 12.2 Å². The number of rotatable bonds is 2. The van der Waals surface area contributed by atoms with Gasteiger partial charge in [0, 0.05) is 25.2 Å². The van der Waals surface area contributed by atoms with E-state index in [1.165, 1.54) is 32.1 Å². The highest BCUT2D eigenvalue weighted by Crippen LogP contribution is 2.42. The molecular formula is C13H24N2O. The molecule has 0 aromatic heterocycles. The van der Waals surface area contributed by atoms with Crippen molar-refractivity contribution in [2.75, 3.05) is 19.6 Å². The van der Waals surface area contributed by atoms with Gasteiger partial charge in [0.1, 0.15) is 0 Å². The van der Waals surface area contributed by atoms with E-state index in [0.29, 0.717) is 17.7 Å². The normalized spacial score (nSPS) is 48.8. The molecule has 0 aromatic carbocycles. The Bertz CT molecular complexity index is 259. The van der Waals surface area contributed by atoms with Gasteiger partial charge in [-0.1, -0.05) is 13.3 Å². The third-order valence-electron chi connectivity index (χ3n) is 5.19. The highest BCUT2D eigenvalue weighted by Gasteiger charge is 2.48. The van der Waals surface area contributed by atoms with Gasteiger partial charge < -0.3 is 10.5 Å². The lowest BCUT2D eigenvalue weighted by Gasteiger charge is -2.47. The maximum absolute atomic E-state index is 6.12. The summed E-state index contributed by atoms with van der Waals surface area (Å²) in [7, 11) is 0. The van der Waals surface area contributed by atoms with E-state index in [0.717, 1.165) is 25.6 Å². The molecule has 2 aliphatic heterocycles. The maximum atomic E-state index is 6.12. The Labute approximate surface area is 98.3 Å². The number of fused-ring (bicyclic) bond motifs is 2. The SMILES string of the molecule is CC1CCCC1(CN)N1CC2CCC(C1)O2. The first-order chi connectivity index (χ1) is 7.74. The quantitative estimate of drug-likeness (QED) is 0.770. The Morgan fingerprint density at radius 1 is 1.25 bits per heavy atom. The first kappa shape index (κ1) is 11.0. The fourth-order valence-electron chi connectivity index (χ4n) is 4.11. The van der Waals surface area contributed by atoms with Crippen molar-refractivity contribution in [2.24, 2.45) is 11.7 Å². The lowest BCUT2D eigenvalue weighted by Crippen LogP contribution is -2.60. The van der Waals surface area contributed by atoms with Crippen LogP contribution in [0.3, 0.4) is 0 Å². The Morgan fingerprint density at radius 2 is 1.94 bits per heavy atom. The van der Waals surface area contributed by atoms with Crippen molar-refractivity contribution in [3.63, 3.8) is 0 Å². The molecule has 2 saturated heterocycles. The minimum Gasteiger partial charge on any atom is -0.372 e. The Morgan fingerprint density at radius 3 is 2.44 bits per heavy atom. The molecule has 4 unspecified atom stereocenters. The van der Waals surface area contributed by atoms with Crippen LogP contribution in [-0.4, -0.2) is 42.3 Å². The van der Waals surface area contributed by atoms with Crippen LogP contribution in [-0.2, 0) is 4.74 Å². The van der Waals surface area contributed by atoms with Crippen LogP contribution in [0.4, 0.5) is 0 Å². The van der Waals surface area contributed by atoms with Crippen molar-refractivity contribution in [3.8, 4) is 0 Å².